The fourth-order valence-electron chi connectivity index (χ4n) is 2.58. The molecule has 112 valence electrons. The van der Waals surface area contributed by atoms with Gasteiger partial charge in [0.15, 0.2) is 0 Å². The molecular weight excluding hydrogens is 268 g/mol. The molecule has 21 heavy (non-hydrogen) atoms. The van der Waals surface area contributed by atoms with Gasteiger partial charge in [-0.2, -0.15) is 0 Å². The first-order valence-corrected chi connectivity index (χ1v) is 7.52. The van der Waals surface area contributed by atoms with E-state index in [0.717, 1.165) is 43.3 Å². The van der Waals surface area contributed by atoms with Gasteiger partial charge in [-0.15, -0.1) is 5.10 Å². The second kappa shape index (κ2) is 6.67. The number of para-hydroxylation sites is 1. The van der Waals surface area contributed by atoms with Crippen LogP contribution >= 0.6 is 0 Å². The smallest absolute Gasteiger partial charge is 0.249 e. The van der Waals surface area contributed by atoms with Crippen molar-refractivity contribution >= 4 is 16.9 Å². The average Bonchev–Trinajstić information content (AvgIpc) is 2.95. The molecule has 2 aromatic rings. The lowest BCUT2D eigenvalue weighted by Crippen LogP contribution is -2.38. The van der Waals surface area contributed by atoms with Gasteiger partial charge in [-0.1, -0.05) is 17.3 Å². The van der Waals surface area contributed by atoms with Crippen LogP contribution in [0.25, 0.3) is 11.0 Å². The van der Waals surface area contributed by atoms with E-state index in [1.165, 1.54) is 0 Å². The Morgan fingerprint density at radius 1 is 1.38 bits per heavy atom. The molecule has 0 radical (unpaired) electrons. The van der Waals surface area contributed by atoms with Crippen molar-refractivity contribution in [3.8, 4) is 0 Å². The molecule has 1 aliphatic heterocycles. The molecule has 6 heteroatoms. The zero-order valence-corrected chi connectivity index (χ0v) is 12.0. The highest BCUT2D eigenvalue weighted by molar-refractivity contribution is 5.80. The number of carbonyl (C=O) groups is 1. The van der Waals surface area contributed by atoms with Crippen LogP contribution in [0.2, 0.25) is 0 Å². The van der Waals surface area contributed by atoms with Crippen LogP contribution in [0, 0.1) is 0 Å². The van der Waals surface area contributed by atoms with Crippen LogP contribution in [0.5, 0.6) is 0 Å². The number of nitrogens with zero attached hydrogens (tertiary/aromatic N) is 3. The van der Waals surface area contributed by atoms with E-state index in [4.69, 9.17) is 4.74 Å². The summed E-state index contributed by atoms with van der Waals surface area (Å²) in [6.45, 7) is 2.07. The van der Waals surface area contributed by atoms with Crippen LogP contribution in [-0.4, -0.2) is 40.2 Å². The van der Waals surface area contributed by atoms with Gasteiger partial charge in [0.25, 0.3) is 0 Å². The lowest BCUT2D eigenvalue weighted by atomic mass is 10.1. The van der Waals surface area contributed by atoms with Crippen LogP contribution in [0.1, 0.15) is 25.7 Å². The van der Waals surface area contributed by atoms with Gasteiger partial charge in [0.2, 0.25) is 5.91 Å². The molecule has 1 saturated heterocycles. The molecule has 1 aromatic heterocycles. The predicted molar refractivity (Wildman–Crippen MR) is 78.7 cm³/mol. The molecule has 1 amide bonds. The number of hydrogen-bond acceptors (Lipinski definition) is 4. The summed E-state index contributed by atoms with van der Waals surface area (Å²) in [5.41, 5.74) is 1.93. The van der Waals surface area contributed by atoms with Crippen molar-refractivity contribution in [1.82, 2.24) is 20.3 Å². The van der Waals surface area contributed by atoms with E-state index >= 15 is 0 Å². The van der Waals surface area contributed by atoms with E-state index in [1.54, 1.807) is 0 Å². The van der Waals surface area contributed by atoms with E-state index in [2.05, 4.69) is 15.6 Å². The first-order valence-electron chi connectivity index (χ1n) is 7.52. The SMILES string of the molecule is O=C(NCCCn1nnc2ccccc21)C1CCCCO1. The summed E-state index contributed by atoms with van der Waals surface area (Å²) >= 11 is 0. The summed E-state index contributed by atoms with van der Waals surface area (Å²) in [5, 5.41) is 11.2. The van der Waals surface area contributed by atoms with Crippen LogP contribution < -0.4 is 5.32 Å². The molecule has 0 bridgehead atoms. The van der Waals surface area contributed by atoms with E-state index in [9.17, 15) is 4.79 Å². The molecule has 0 aliphatic carbocycles. The van der Waals surface area contributed by atoms with Crippen LogP contribution in [0.3, 0.4) is 0 Å². The molecule has 2 heterocycles. The minimum absolute atomic E-state index is 0.0122. The molecule has 1 atom stereocenters. The standard InChI is InChI=1S/C15H20N4O2/c20-15(14-8-3-4-11-21-14)16-9-5-10-19-13-7-2-1-6-12(13)17-18-19/h1-2,6-7,14H,3-5,8-11H2,(H,16,20). The Kier molecular flexibility index (Phi) is 4.45. The van der Waals surface area contributed by atoms with Gasteiger partial charge in [-0.25, -0.2) is 4.68 Å². The molecule has 0 saturated carbocycles. The number of hydrogen-bond donors (Lipinski definition) is 1. The number of fused-ring (bicyclic) bond motifs is 1. The van der Waals surface area contributed by atoms with Gasteiger partial charge in [0.05, 0.1) is 5.52 Å². The minimum atomic E-state index is -0.258. The Balaban J connectivity index is 1.44. The van der Waals surface area contributed by atoms with Crippen molar-refractivity contribution in [1.29, 1.82) is 0 Å². The van der Waals surface area contributed by atoms with Crippen LogP contribution in [-0.2, 0) is 16.1 Å². The van der Waals surface area contributed by atoms with E-state index in [-0.39, 0.29) is 12.0 Å². The van der Waals surface area contributed by atoms with Crippen molar-refractivity contribution in [2.24, 2.45) is 0 Å². The molecule has 1 aliphatic rings. The fourth-order valence-corrected chi connectivity index (χ4v) is 2.58. The largest absolute Gasteiger partial charge is 0.368 e. The summed E-state index contributed by atoms with van der Waals surface area (Å²) in [7, 11) is 0. The number of aryl methyl sites for hydroxylation is 1. The number of rotatable bonds is 5. The number of aromatic nitrogens is 3. The number of carbonyl (C=O) groups excluding carboxylic acids is 1. The third-order valence-electron chi connectivity index (χ3n) is 3.74. The summed E-state index contributed by atoms with van der Waals surface area (Å²) in [6.07, 6.45) is 3.53. The zero-order chi connectivity index (χ0) is 14.5. The second-order valence-corrected chi connectivity index (χ2v) is 5.30. The molecule has 6 nitrogen and oxygen atoms in total. The Morgan fingerprint density at radius 2 is 2.29 bits per heavy atom. The van der Waals surface area contributed by atoms with Gasteiger partial charge in [0, 0.05) is 19.7 Å². The maximum Gasteiger partial charge on any atom is 0.249 e. The van der Waals surface area contributed by atoms with Gasteiger partial charge in [-0.3, -0.25) is 4.79 Å². The number of ether oxygens (including phenoxy) is 1. The predicted octanol–water partition coefficient (Wildman–Crippen LogP) is 1.51. The lowest BCUT2D eigenvalue weighted by molar-refractivity contribution is -0.135. The van der Waals surface area contributed by atoms with Gasteiger partial charge >= 0.3 is 0 Å². The highest BCUT2D eigenvalue weighted by atomic mass is 16.5. The third-order valence-corrected chi connectivity index (χ3v) is 3.74. The molecule has 3 rings (SSSR count). The maximum absolute atomic E-state index is 11.9. The van der Waals surface area contributed by atoms with E-state index in [1.807, 2.05) is 28.9 Å². The maximum atomic E-state index is 11.9. The average molecular weight is 288 g/mol. The van der Waals surface area contributed by atoms with E-state index in [0.29, 0.717) is 13.2 Å². The second-order valence-electron chi connectivity index (χ2n) is 5.30. The molecule has 1 unspecified atom stereocenters. The lowest BCUT2D eigenvalue weighted by Gasteiger charge is -2.21. The van der Waals surface area contributed by atoms with E-state index < -0.39 is 0 Å². The first-order chi connectivity index (χ1) is 10.3. The van der Waals surface area contributed by atoms with Gasteiger partial charge < -0.3 is 10.1 Å². The Bertz CT molecular complexity index is 604. The topological polar surface area (TPSA) is 69.0 Å². The van der Waals surface area contributed by atoms with Crippen molar-refractivity contribution in [2.75, 3.05) is 13.2 Å². The third kappa shape index (κ3) is 3.39. The highest BCUT2D eigenvalue weighted by Gasteiger charge is 2.21. The van der Waals surface area contributed by atoms with Crippen molar-refractivity contribution in [3.63, 3.8) is 0 Å². The summed E-state index contributed by atoms with van der Waals surface area (Å²) < 4.78 is 7.33. The number of benzene rings is 1. The molecule has 0 spiro atoms. The molecule has 1 aromatic carbocycles. The number of nitrogens with one attached hydrogen (secondary N) is 1. The van der Waals surface area contributed by atoms with Gasteiger partial charge in [-0.05, 0) is 37.8 Å². The zero-order valence-electron chi connectivity index (χ0n) is 12.0. The van der Waals surface area contributed by atoms with Crippen LogP contribution in [0.15, 0.2) is 24.3 Å². The summed E-state index contributed by atoms with van der Waals surface area (Å²) in [4.78, 5) is 11.9. The summed E-state index contributed by atoms with van der Waals surface area (Å²) in [5.74, 6) is 0.0122. The molecule has 1 fully saturated rings. The normalized spacial score (nSPS) is 18.8. The quantitative estimate of drug-likeness (QED) is 0.847. The van der Waals surface area contributed by atoms with Gasteiger partial charge in [0.1, 0.15) is 11.6 Å². The Labute approximate surface area is 123 Å². The van der Waals surface area contributed by atoms with Crippen molar-refractivity contribution in [2.45, 2.75) is 38.3 Å². The monoisotopic (exact) mass is 288 g/mol. The first kappa shape index (κ1) is 14.0. The summed E-state index contributed by atoms with van der Waals surface area (Å²) in [6, 6.07) is 7.88. The number of amides is 1. The molecule has 1 N–H and O–H groups in total. The van der Waals surface area contributed by atoms with Crippen molar-refractivity contribution in [3.05, 3.63) is 24.3 Å². The Morgan fingerprint density at radius 3 is 3.14 bits per heavy atom. The highest BCUT2D eigenvalue weighted by Crippen LogP contribution is 2.12. The van der Waals surface area contributed by atoms with Crippen molar-refractivity contribution < 1.29 is 9.53 Å². The fraction of sp³-hybridized carbons (Fsp3) is 0.533. The minimum Gasteiger partial charge on any atom is -0.368 e. The Hall–Kier alpha value is -1.95. The molecular formula is C15H20N4O2. The van der Waals surface area contributed by atoms with Crippen LogP contribution in [0.4, 0.5) is 0 Å².